The van der Waals surface area contributed by atoms with Crippen molar-refractivity contribution in [2.75, 3.05) is 18.6 Å². The van der Waals surface area contributed by atoms with Gasteiger partial charge in [0, 0.05) is 12.6 Å². The summed E-state index contributed by atoms with van der Waals surface area (Å²) in [6.45, 7) is 11.5. The van der Waals surface area contributed by atoms with Gasteiger partial charge in [0.05, 0.1) is 0 Å². The van der Waals surface area contributed by atoms with Crippen LogP contribution >= 0.6 is 11.8 Å². The number of rotatable bonds is 10. The minimum Gasteiger partial charge on any atom is -0.444 e. The number of alkyl carbamates (subject to hydrolysis) is 1. The first-order chi connectivity index (χ1) is 17.0. The summed E-state index contributed by atoms with van der Waals surface area (Å²) in [7, 11) is 0. The van der Waals surface area contributed by atoms with Crippen LogP contribution in [0.2, 0.25) is 0 Å². The molecular weight excluding hydrogens is 474 g/mol. The van der Waals surface area contributed by atoms with E-state index in [0.717, 1.165) is 42.4 Å². The van der Waals surface area contributed by atoms with Gasteiger partial charge in [-0.3, -0.25) is 9.59 Å². The van der Waals surface area contributed by atoms with E-state index in [2.05, 4.69) is 10.6 Å². The summed E-state index contributed by atoms with van der Waals surface area (Å²) < 4.78 is 5.43. The number of carbonyl (C=O) groups is 3. The van der Waals surface area contributed by atoms with Gasteiger partial charge in [-0.1, -0.05) is 43.0 Å². The Labute approximate surface area is 221 Å². The molecule has 1 aromatic rings. The van der Waals surface area contributed by atoms with E-state index in [1.807, 2.05) is 45.2 Å². The number of likely N-dealkylation sites (N-methyl/N-ethyl adjacent to an activating group) is 1. The molecule has 1 saturated carbocycles. The molecule has 36 heavy (non-hydrogen) atoms. The average Bonchev–Trinajstić information content (AvgIpc) is 2.80. The Morgan fingerprint density at radius 3 is 2.39 bits per heavy atom. The zero-order valence-electron chi connectivity index (χ0n) is 23.1. The first kappa shape index (κ1) is 30.0. The third-order valence-electron chi connectivity index (χ3n) is 6.46. The Kier molecular flexibility index (Phi) is 11.6. The van der Waals surface area contributed by atoms with Gasteiger partial charge in [-0.15, -0.1) is 0 Å². The molecule has 7 nitrogen and oxygen atoms in total. The van der Waals surface area contributed by atoms with Crippen LogP contribution in [0.15, 0.2) is 18.2 Å². The summed E-state index contributed by atoms with van der Waals surface area (Å²) in [5.74, 6) is 0.250. The standard InChI is InChI=1S/C28H45N3O4S/c1-8-31(26(33)23(16-17-36-7)30-27(34)35-28(4,5)6)24(22-18-19(2)14-15-20(22)3)25(32)29-21-12-10-9-11-13-21/h14-15,18,21,23-24H,8-13,16-17H2,1-7H3,(H,29,32)(H,30,34). The van der Waals surface area contributed by atoms with Crippen molar-refractivity contribution in [2.24, 2.45) is 0 Å². The van der Waals surface area contributed by atoms with Crippen molar-refractivity contribution in [3.8, 4) is 0 Å². The van der Waals surface area contributed by atoms with Gasteiger partial charge in [0.25, 0.3) is 0 Å². The van der Waals surface area contributed by atoms with E-state index in [1.54, 1.807) is 37.4 Å². The number of carbonyl (C=O) groups excluding carboxylic acids is 3. The lowest BCUT2D eigenvalue weighted by atomic mass is 9.93. The molecule has 0 heterocycles. The zero-order chi connectivity index (χ0) is 26.9. The molecule has 0 aliphatic heterocycles. The highest BCUT2D eigenvalue weighted by Crippen LogP contribution is 2.28. The Bertz CT molecular complexity index is 893. The third kappa shape index (κ3) is 9.02. The predicted octanol–water partition coefficient (Wildman–Crippen LogP) is 5.29. The topological polar surface area (TPSA) is 87.7 Å². The van der Waals surface area contributed by atoms with Gasteiger partial charge in [-0.05, 0) is 83.9 Å². The van der Waals surface area contributed by atoms with Crippen LogP contribution in [-0.4, -0.2) is 59.0 Å². The second kappa shape index (κ2) is 13.9. The van der Waals surface area contributed by atoms with E-state index in [4.69, 9.17) is 4.74 Å². The van der Waals surface area contributed by atoms with E-state index < -0.39 is 23.8 Å². The quantitative estimate of drug-likeness (QED) is 0.439. The van der Waals surface area contributed by atoms with Gasteiger partial charge in [0.2, 0.25) is 11.8 Å². The zero-order valence-corrected chi connectivity index (χ0v) is 23.9. The number of thioether (sulfide) groups is 1. The van der Waals surface area contributed by atoms with Crippen LogP contribution in [0.25, 0.3) is 0 Å². The summed E-state index contributed by atoms with van der Waals surface area (Å²) in [5, 5.41) is 6.02. The highest BCUT2D eigenvalue weighted by Gasteiger charge is 2.36. The van der Waals surface area contributed by atoms with Crippen LogP contribution in [0.1, 0.15) is 89.0 Å². The minimum atomic E-state index is -0.789. The molecule has 0 spiro atoms. The monoisotopic (exact) mass is 519 g/mol. The van der Waals surface area contributed by atoms with Gasteiger partial charge in [-0.25, -0.2) is 4.79 Å². The molecule has 0 radical (unpaired) electrons. The van der Waals surface area contributed by atoms with Crippen LogP contribution in [0.4, 0.5) is 4.79 Å². The molecule has 0 bridgehead atoms. The summed E-state index contributed by atoms with van der Waals surface area (Å²) in [4.78, 5) is 42.0. The molecule has 3 amide bonds. The van der Waals surface area contributed by atoms with Crippen LogP contribution in [-0.2, 0) is 14.3 Å². The third-order valence-corrected chi connectivity index (χ3v) is 7.11. The van der Waals surface area contributed by atoms with E-state index in [1.165, 1.54) is 6.42 Å². The number of hydrogen-bond donors (Lipinski definition) is 2. The Hall–Kier alpha value is -2.22. The highest BCUT2D eigenvalue weighted by atomic mass is 32.2. The second-order valence-corrected chi connectivity index (χ2v) is 11.7. The molecule has 1 fully saturated rings. The van der Waals surface area contributed by atoms with Crippen molar-refractivity contribution < 1.29 is 19.1 Å². The number of amides is 3. The van der Waals surface area contributed by atoms with Crippen molar-refractivity contribution in [3.05, 3.63) is 34.9 Å². The van der Waals surface area contributed by atoms with Gasteiger partial charge >= 0.3 is 6.09 Å². The summed E-state index contributed by atoms with van der Waals surface area (Å²) in [5.41, 5.74) is 2.12. The molecular formula is C28H45N3O4S. The fraction of sp³-hybridized carbons (Fsp3) is 0.679. The van der Waals surface area contributed by atoms with Crippen molar-refractivity contribution in [3.63, 3.8) is 0 Å². The number of nitrogens with one attached hydrogen (secondary N) is 2. The largest absolute Gasteiger partial charge is 0.444 e. The molecule has 1 aliphatic carbocycles. The number of ether oxygens (including phenoxy) is 1. The fourth-order valence-corrected chi connectivity index (χ4v) is 5.11. The SMILES string of the molecule is CCN(C(=O)C(CCSC)NC(=O)OC(C)(C)C)C(C(=O)NC1CCCCC1)c1cc(C)ccc1C. The maximum atomic E-state index is 14.0. The summed E-state index contributed by atoms with van der Waals surface area (Å²) in [6.07, 6.45) is 7.10. The summed E-state index contributed by atoms with van der Waals surface area (Å²) in [6, 6.07) is 4.56. The maximum absolute atomic E-state index is 14.0. The number of nitrogens with zero attached hydrogens (tertiary/aromatic N) is 1. The molecule has 0 saturated heterocycles. The lowest BCUT2D eigenvalue weighted by molar-refractivity contribution is -0.142. The van der Waals surface area contributed by atoms with Crippen molar-refractivity contribution in [1.82, 2.24) is 15.5 Å². The average molecular weight is 520 g/mol. The van der Waals surface area contributed by atoms with E-state index in [-0.39, 0.29) is 17.9 Å². The van der Waals surface area contributed by atoms with Crippen LogP contribution in [0, 0.1) is 13.8 Å². The summed E-state index contributed by atoms with van der Waals surface area (Å²) >= 11 is 1.60. The number of benzene rings is 1. The molecule has 2 N–H and O–H groups in total. The smallest absolute Gasteiger partial charge is 0.408 e. The van der Waals surface area contributed by atoms with Crippen molar-refractivity contribution >= 4 is 29.7 Å². The lowest BCUT2D eigenvalue weighted by Gasteiger charge is -2.35. The molecule has 2 rings (SSSR count). The molecule has 0 aromatic heterocycles. The fourth-order valence-electron chi connectivity index (χ4n) is 4.64. The highest BCUT2D eigenvalue weighted by molar-refractivity contribution is 7.98. The van der Waals surface area contributed by atoms with E-state index in [9.17, 15) is 14.4 Å². The maximum Gasteiger partial charge on any atom is 0.408 e. The van der Waals surface area contributed by atoms with Crippen LogP contribution < -0.4 is 10.6 Å². The molecule has 2 atom stereocenters. The van der Waals surface area contributed by atoms with E-state index >= 15 is 0 Å². The van der Waals surface area contributed by atoms with Gasteiger partial charge in [0.1, 0.15) is 17.7 Å². The Balaban J connectivity index is 2.41. The second-order valence-electron chi connectivity index (χ2n) is 10.7. The molecule has 2 unspecified atom stereocenters. The van der Waals surface area contributed by atoms with E-state index in [0.29, 0.717) is 18.7 Å². The molecule has 202 valence electrons. The minimum absolute atomic E-state index is 0.125. The number of aryl methyl sites for hydroxylation is 2. The Morgan fingerprint density at radius 2 is 1.81 bits per heavy atom. The normalized spacial score (nSPS) is 16.1. The Morgan fingerprint density at radius 1 is 1.14 bits per heavy atom. The van der Waals surface area contributed by atoms with Crippen molar-refractivity contribution in [1.29, 1.82) is 0 Å². The first-order valence-corrected chi connectivity index (χ1v) is 14.5. The van der Waals surface area contributed by atoms with Gasteiger partial charge in [0.15, 0.2) is 0 Å². The predicted molar refractivity (Wildman–Crippen MR) is 147 cm³/mol. The number of hydrogen-bond acceptors (Lipinski definition) is 5. The molecule has 8 heteroatoms. The lowest BCUT2D eigenvalue weighted by Crippen LogP contribution is -2.54. The van der Waals surface area contributed by atoms with Gasteiger partial charge < -0.3 is 20.3 Å². The first-order valence-electron chi connectivity index (χ1n) is 13.1. The van der Waals surface area contributed by atoms with Crippen molar-refractivity contribution in [2.45, 2.75) is 104 Å². The van der Waals surface area contributed by atoms with Gasteiger partial charge in [-0.2, -0.15) is 11.8 Å². The molecule has 1 aliphatic rings. The molecule has 1 aromatic carbocycles. The van der Waals surface area contributed by atoms with Crippen LogP contribution in [0.3, 0.4) is 0 Å². The van der Waals surface area contributed by atoms with Crippen LogP contribution in [0.5, 0.6) is 0 Å².